The van der Waals surface area contributed by atoms with Crippen molar-refractivity contribution in [2.75, 3.05) is 0 Å². The first-order chi connectivity index (χ1) is 5.57. The van der Waals surface area contributed by atoms with Crippen molar-refractivity contribution >= 4 is 17.4 Å². The second kappa shape index (κ2) is 3.10. The lowest BCUT2D eigenvalue weighted by Crippen LogP contribution is -1.94. The van der Waals surface area contributed by atoms with Gasteiger partial charge in [-0.05, 0) is 9.91 Å². The molecule has 0 N–H and O–H groups in total. The minimum atomic E-state index is -0.582. The van der Waals surface area contributed by atoms with Gasteiger partial charge in [0.1, 0.15) is 0 Å². The number of imidazole rings is 1. The number of hydrogen-bond donors (Lipinski definition) is 0. The van der Waals surface area contributed by atoms with E-state index in [9.17, 15) is 10.1 Å². The Morgan fingerprint density at radius 2 is 2.33 bits per heavy atom. The standard InChI is InChI=1S/C6H8ClN3O2/c1-3-4-8-6(10(11)12)5(7)9(4)2/h3H2,1-2H3. The topological polar surface area (TPSA) is 61.0 Å². The van der Waals surface area contributed by atoms with Gasteiger partial charge in [0.25, 0.3) is 0 Å². The van der Waals surface area contributed by atoms with Gasteiger partial charge >= 0.3 is 5.82 Å². The third kappa shape index (κ3) is 1.27. The summed E-state index contributed by atoms with van der Waals surface area (Å²) in [6.45, 7) is 1.86. The predicted octanol–water partition coefficient (Wildman–Crippen LogP) is 1.54. The van der Waals surface area contributed by atoms with E-state index in [1.165, 1.54) is 4.57 Å². The van der Waals surface area contributed by atoms with Crippen LogP contribution < -0.4 is 0 Å². The lowest BCUT2D eigenvalue weighted by molar-refractivity contribution is -0.389. The van der Waals surface area contributed by atoms with E-state index in [0.29, 0.717) is 12.2 Å². The van der Waals surface area contributed by atoms with E-state index in [2.05, 4.69) is 4.98 Å². The van der Waals surface area contributed by atoms with Crippen LogP contribution in [0.25, 0.3) is 0 Å². The van der Waals surface area contributed by atoms with Gasteiger partial charge in [0, 0.05) is 13.5 Å². The highest BCUT2D eigenvalue weighted by Gasteiger charge is 2.22. The molecule has 0 aliphatic heterocycles. The molecule has 66 valence electrons. The number of halogens is 1. The predicted molar refractivity (Wildman–Crippen MR) is 44.3 cm³/mol. The van der Waals surface area contributed by atoms with Crippen LogP contribution >= 0.6 is 11.6 Å². The van der Waals surface area contributed by atoms with E-state index in [0.717, 1.165) is 0 Å². The second-order valence-electron chi connectivity index (χ2n) is 2.31. The van der Waals surface area contributed by atoms with Gasteiger partial charge in [0.05, 0.1) is 0 Å². The normalized spacial score (nSPS) is 10.2. The van der Waals surface area contributed by atoms with Crippen LogP contribution in [0.2, 0.25) is 5.15 Å². The van der Waals surface area contributed by atoms with Crippen LogP contribution in [-0.2, 0) is 13.5 Å². The molecular weight excluding hydrogens is 182 g/mol. The first kappa shape index (κ1) is 8.99. The van der Waals surface area contributed by atoms with Crippen LogP contribution in [0.15, 0.2) is 0 Å². The third-order valence-corrected chi connectivity index (χ3v) is 2.01. The molecule has 1 rings (SSSR count). The molecule has 0 spiro atoms. The average molecular weight is 190 g/mol. The first-order valence-corrected chi connectivity index (χ1v) is 3.81. The summed E-state index contributed by atoms with van der Waals surface area (Å²) >= 11 is 5.65. The summed E-state index contributed by atoms with van der Waals surface area (Å²) < 4.78 is 1.51. The Morgan fingerprint density at radius 1 is 1.75 bits per heavy atom. The Labute approximate surface area is 74.1 Å². The summed E-state index contributed by atoms with van der Waals surface area (Å²) in [4.78, 5) is 13.5. The molecule has 1 heterocycles. The zero-order valence-corrected chi connectivity index (χ0v) is 7.50. The summed E-state index contributed by atoms with van der Waals surface area (Å²) in [5, 5.41) is 10.4. The quantitative estimate of drug-likeness (QED) is 0.524. The Bertz CT molecular complexity index is 321. The van der Waals surface area contributed by atoms with Crippen molar-refractivity contribution in [2.24, 2.45) is 7.05 Å². The van der Waals surface area contributed by atoms with Crippen LogP contribution in [0.5, 0.6) is 0 Å². The highest BCUT2D eigenvalue weighted by Crippen LogP contribution is 2.23. The van der Waals surface area contributed by atoms with Gasteiger partial charge in [-0.2, -0.15) is 0 Å². The SMILES string of the molecule is CCc1nc([N+](=O)[O-])c(Cl)n1C. The van der Waals surface area contributed by atoms with E-state index in [1.807, 2.05) is 6.92 Å². The molecule has 1 aromatic rings. The van der Waals surface area contributed by atoms with Crippen molar-refractivity contribution in [1.29, 1.82) is 0 Å². The average Bonchev–Trinajstić information content (AvgIpc) is 2.30. The van der Waals surface area contributed by atoms with E-state index in [4.69, 9.17) is 11.6 Å². The van der Waals surface area contributed by atoms with Crippen LogP contribution in [0.4, 0.5) is 5.82 Å². The fraction of sp³-hybridized carbons (Fsp3) is 0.500. The van der Waals surface area contributed by atoms with Gasteiger partial charge < -0.3 is 10.1 Å². The van der Waals surface area contributed by atoms with Gasteiger partial charge in [0.15, 0.2) is 0 Å². The molecule has 0 aromatic carbocycles. The molecule has 0 radical (unpaired) electrons. The smallest absolute Gasteiger partial charge is 0.358 e. The summed E-state index contributed by atoms with van der Waals surface area (Å²) in [7, 11) is 1.65. The Morgan fingerprint density at radius 3 is 2.58 bits per heavy atom. The lowest BCUT2D eigenvalue weighted by Gasteiger charge is -1.92. The number of aromatic nitrogens is 2. The largest absolute Gasteiger partial charge is 0.401 e. The zero-order valence-electron chi connectivity index (χ0n) is 6.74. The maximum atomic E-state index is 10.3. The van der Waals surface area contributed by atoms with E-state index >= 15 is 0 Å². The van der Waals surface area contributed by atoms with Gasteiger partial charge in [-0.25, -0.2) is 0 Å². The Hall–Kier alpha value is -1.10. The van der Waals surface area contributed by atoms with Crippen LogP contribution in [0.3, 0.4) is 0 Å². The number of hydrogen-bond acceptors (Lipinski definition) is 3. The second-order valence-corrected chi connectivity index (χ2v) is 2.67. The van der Waals surface area contributed by atoms with Gasteiger partial charge in [-0.15, -0.1) is 0 Å². The van der Waals surface area contributed by atoms with E-state index in [-0.39, 0.29) is 11.0 Å². The molecule has 0 amide bonds. The zero-order chi connectivity index (χ0) is 9.30. The fourth-order valence-electron chi connectivity index (χ4n) is 0.939. The van der Waals surface area contributed by atoms with Crippen molar-refractivity contribution in [2.45, 2.75) is 13.3 Å². The van der Waals surface area contributed by atoms with Gasteiger partial charge in [0.2, 0.25) is 11.0 Å². The number of rotatable bonds is 2. The molecule has 0 aliphatic rings. The molecule has 5 nitrogen and oxygen atoms in total. The number of aryl methyl sites for hydroxylation is 1. The Kier molecular flexibility index (Phi) is 2.32. The summed E-state index contributed by atoms with van der Waals surface area (Å²) in [6, 6.07) is 0. The summed E-state index contributed by atoms with van der Waals surface area (Å²) in [5.41, 5.74) is 0. The Balaban J connectivity index is 3.25. The molecule has 0 saturated carbocycles. The van der Waals surface area contributed by atoms with Crippen LogP contribution in [0, 0.1) is 10.1 Å². The molecule has 1 aromatic heterocycles. The summed E-state index contributed by atoms with van der Waals surface area (Å²) in [6.07, 6.45) is 0.629. The van der Waals surface area contributed by atoms with Crippen LogP contribution in [-0.4, -0.2) is 14.5 Å². The maximum absolute atomic E-state index is 10.3. The van der Waals surface area contributed by atoms with Crippen molar-refractivity contribution < 1.29 is 4.92 Å². The molecule has 6 heteroatoms. The molecular formula is C6H8ClN3O2. The molecule has 0 bridgehead atoms. The van der Waals surface area contributed by atoms with Crippen molar-refractivity contribution in [3.63, 3.8) is 0 Å². The molecule has 0 atom stereocenters. The number of nitrogens with zero attached hydrogens (tertiary/aromatic N) is 3. The summed E-state index contributed by atoms with van der Waals surface area (Å²) in [5.74, 6) is 0.350. The maximum Gasteiger partial charge on any atom is 0.401 e. The van der Waals surface area contributed by atoms with Gasteiger partial charge in [-0.3, -0.25) is 4.57 Å². The third-order valence-electron chi connectivity index (χ3n) is 1.59. The van der Waals surface area contributed by atoms with Crippen molar-refractivity contribution in [1.82, 2.24) is 9.55 Å². The van der Waals surface area contributed by atoms with Crippen molar-refractivity contribution in [3.8, 4) is 0 Å². The molecule has 0 aliphatic carbocycles. The van der Waals surface area contributed by atoms with E-state index < -0.39 is 4.92 Å². The molecule has 0 unspecified atom stereocenters. The first-order valence-electron chi connectivity index (χ1n) is 3.43. The minimum Gasteiger partial charge on any atom is -0.358 e. The fourth-order valence-corrected chi connectivity index (χ4v) is 1.15. The molecule has 0 saturated heterocycles. The van der Waals surface area contributed by atoms with Gasteiger partial charge in [-0.1, -0.05) is 18.5 Å². The monoisotopic (exact) mass is 189 g/mol. The molecule has 0 fully saturated rings. The molecule has 12 heavy (non-hydrogen) atoms. The highest BCUT2D eigenvalue weighted by molar-refractivity contribution is 6.31. The highest BCUT2D eigenvalue weighted by atomic mass is 35.5. The van der Waals surface area contributed by atoms with Crippen molar-refractivity contribution in [3.05, 3.63) is 21.1 Å². The van der Waals surface area contributed by atoms with E-state index in [1.54, 1.807) is 7.05 Å². The number of nitro groups is 1. The minimum absolute atomic E-state index is 0.0804. The van der Waals surface area contributed by atoms with Crippen LogP contribution in [0.1, 0.15) is 12.7 Å². The lowest BCUT2D eigenvalue weighted by atomic mass is 10.5.